The van der Waals surface area contributed by atoms with E-state index in [-0.39, 0.29) is 0 Å². The van der Waals surface area contributed by atoms with Gasteiger partial charge in [-0.25, -0.2) is 9.97 Å². The molecule has 0 bridgehead atoms. The molecule has 0 radical (unpaired) electrons. The molecule has 0 spiro atoms. The van der Waals surface area contributed by atoms with Gasteiger partial charge >= 0.3 is 0 Å². The van der Waals surface area contributed by atoms with Gasteiger partial charge in [-0.1, -0.05) is 6.92 Å². The summed E-state index contributed by atoms with van der Waals surface area (Å²) in [5, 5.41) is 0. The fraction of sp³-hybridized carbons (Fsp3) is 0.636. The van der Waals surface area contributed by atoms with Crippen LogP contribution in [0.2, 0.25) is 0 Å². The summed E-state index contributed by atoms with van der Waals surface area (Å²) < 4.78 is 0.864. The first kappa shape index (κ1) is 12.4. The topological polar surface area (TPSA) is 29.0 Å². The summed E-state index contributed by atoms with van der Waals surface area (Å²) in [5.41, 5.74) is 0. The number of aryl methyl sites for hydroxylation is 1. The average molecular weight is 272 g/mol. The van der Waals surface area contributed by atoms with Gasteiger partial charge in [-0.2, -0.15) is 0 Å². The Morgan fingerprint density at radius 3 is 2.60 bits per heavy atom. The molecule has 0 fully saturated rings. The average Bonchev–Trinajstić information content (AvgIpc) is 2.16. The van der Waals surface area contributed by atoms with Crippen molar-refractivity contribution in [1.29, 1.82) is 0 Å². The highest BCUT2D eigenvalue weighted by molar-refractivity contribution is 9.10. The van der Waals surface area contributed by atoms with Crippen molar-refractivity contribution in [2.24, 2.45) is 0 Å². The van der Waals surface area contributed by atoms with Gasteiger partial charge in [-0.15, -0.1) is 0 Å². The van der Waals surface area contributed by atoms with Crippen molar-refractivity contribution < 1.29 is 0 Å². The van der Waals surface area contributed by atoms with E-state index >= 15 is 0 Å². The Kier molecular flexibility index (Phi) is 4.51. The predicted molar refractivity (Wildman–Crippen MR) is 67.3 cm³/mol. The first-order valence-electron chi connectivity index (χ1n) is 5.31. The Morgan fingerprint density at radius 1 is 1.40 bits per heavy atom. The standard InChI is InChI=1S/C11H18BrN3/c1-5-6-10-13-9(12)7-11(14-10)15(4)8(2)3/h7-8H,5-6H2,1-4H3. The molecule has 0 amide bonds. The number of hydrogen-bond acceptors (Lipinski definition) is 3. The molecule has 1 aromatic rings. The van der Waals surface area contributed by atoms with E-state index < -0.39 is 0 Å². The van der Waals surface area contributed by atoms with Crippen LogP contribution in [0.5, 0.6) is 0 Å². The lowest BCUT2D eigenvalue weighted by Gasteiger charge is -2.22. The highest BCUT2D eigenvalue weighted by atomic mass is 79.9. The van der Waals surface area contributed by atoms with E-state index in [9.17, 15) is 0 Å². The summed E-state index contributed by atoms with van der Waals surface area (Å²) >= 11 is 3.42. The molecule has 0 atom stereocenters. The second-order valence-electron chi connectivity index (χ2n) is 3.92. The Hall–Kier alpha value is -0.640. The van der Waals surface area contributed by atoms with E-state index in [4.69, 9.17) is 0 Å². The first-order valence-corrected chi connectivity index (χ1v) is 6.10. The van der Waals surface area contributed by atoms with Gasteiger partial charge in [0.2, 0.25) is 0 Å². The minimum atomic E-state index is 0.446. The van der Waals surface area contributed by atoms with Gasteiger partial charge < -0.3 is 4.90 Å². The molecule has 1 rings (SSSR count). The van der Waals surface area contributed by atoms with Crippen molar-refractivity contribution >= 4 is 21.7 Å². The maximum Gasteiger partial charge on any atom is 0.133 e. The van der Waals surface area contributed by atoms with Crippen molar-refractivity contribution in [2.45, 2.75) is 39.7 Å². The summed E-state index contributed by atoms with van der Waals surface area (Å²) in [6, 6.07) is 2.40. The zero-order valence-corrected chi connectivity index (χ0v) is 11.4. The van der Waals surface area contributed by atoms with Crippen LogP contribution in [-0.2, 0) is 6.42 Å². The van der Waals surface area contributed by atoms with E-state index in [0.29, 0.717) is 6.04 Å². The van der Waals surface area contributed by atoms with Gasteiger partial charge in [-0.05, 0) is 36.2 Å². The molecule has 3 nitrogen and oxygen atoms in total. The van der Waals surface area contributed by atoms with Crippen LogP contribution in [0.4, 0.5) is 5.82 Å². The number of aromatic nitrogens is 2. The van der Waals surface area contributed by atoms with Crippen molar-refractivity contribution in [3.63, 3.8) is 0 Å². The molecule has 0 saturated carbocycles. The van der Waals surface area contributed by atoms with Crippen LogP contribution in [-0.4, -0.2) is 23.1 Å². The third-order valence-corrected chi connectivity index (χ3v) is 2.74. The Labute approximate surface area is 100 Å². The molecule has 0 aromatic carbocycles. The van der Waals surface area contributed by atoms with Gasteiger partial charge in [-0.3, -0.25) is 0 Å². The summed E-state index contributed by atoms with van der Waals surface area (Å²) in [4.78, 5) is 11.0. The molecule has 4 heteroatoms. The number of rotatable bonds is 4. The Balaban J connectivity index is 2.97. The quantitative estimate of drug-likeness (QED) is 0.789. The lowest BCUT2D eigenvalue weighted by atomic mass is 10.3. The molecule has 0 N–H and O–H groups in total. The van der Waals surface area contributed by atoms with Crippen LogP contribution in [0.25, 0.3) is 0 Å². The molecule has 0 aliphatic carbocycles. The zero-order valence-electron chi connectivity index (χ0n) is 9.79. The van der Waals surface area contributed by atoms with E-state index in [1.807, 2.05) is 6.07 Å². The molecular weight excluding hydrogens is 254 g/mol. The third kappa shape index (κ3) is 3.45. The van der Waals surface area contributed by atoms with Crippen molar-refractivity contribution in [3.05, 3.63) is 16.5 Å². The summed E-state index contributed by atoms with van der Waals surface area (Å²) in [6.45, 7) is 6.43. The smallest absolute Gasteiger partial charge is 0.133 e. The van der Waals surface area contributed by atoms with Gasteiger partial charge in [0.1, 0.15) is 16.2 Å². The maximum atomic E-state index is 4.53. The summed E-state index contributed by atoms with van der Waals surface area (Å²) in [6.07, 6.45) is 2.00. The van der Waals surface area contributed by atoms with Gasteiger partial charge in [0.25, 0.3) is 0 Å². The van der Waals surface area contributed by atoms with Crippen LogP contribution >= 0.6 is 15.9 Å². The van der Waals surface area contributed by atoms with E-state index in [1.165, 1.54) is 0 Å². The highest BCUT2D eigenvalue weighted by Crippen LogP contribution is 2.17. The lowest BCUT2D eigenvalue weighted by Crippen LogP contribution is -2.27. The SMILES string of the molecule is CCCc1nc(Br)cc(N(C)C(C)C)n1. The first-order chi connectivity index (χ1) is 7.04. The molecule has 15 heavy (non-hydrogen) atoms. The minimum Gasteiger partial charge on any atom is -0.357 e. The second-order valence-corrected chi connectivity index (χ2v) is 4.73. The van der Waals surface area contributed by atoms with Gasteiger partial charge in [0, 0.05) is 25.6 Å². The fourth-order valence-corrected chi connectivity index (χ4v) is 1.64. The fourth-order valence-electron chi connectivity index (χ4n) is 1.23. The van der Waals surface area contributed by atoms with Gasteiger partial charge in [0.15, 0.2) is 0 Å². The largest absolute Gasteiger partial charge is 0.357 e. The normalized spacial score (nSPS) is 10.8. The predicted octanol–water partition coefficient (Wildman–Crippen LogP) is 3.04. The summed E-state index contributed by atoms with van der Waals surface area (Å²) in [7, 11) is 2.05. The number of nitrogens with zero attached hydrogens (tertiary/aromatic N) is 3. The maximum absolute atomic E-state index is 4.53. The van der Waals surface area contributed by atoms with Crippen LogP contribution in [0.15, 0.2) is 10.7 Å². The highest BCUT2D eigenvalue weighted by Gasteiger charge is 2.09. The zero-order chi connectivity index (χ0) is 11.4. The number of anilines is 1. The molecule has 1 aromatic heterocycles. The Morgan fingerprint density at radius 2 is 2.07 bits per heavy atom. The number of hydrogen-bond donors (Lipinski definition) is 0. The second kappa shape index (κ2) is 5.45. The van der Waals surface area contributed by atoms with E-state index in [2.05, 4.69) is 58.6 Å². The Bertz CT molecular complexity index is 326. The molecule has 0 aliphatic heterocycles. The molecule has 0 unspecified atom stereocenters. The molecule has 1 heterocycles. The molecule has 0 saturated heterocycles. The number of halogens is 1. The van der Waals surface area contributed by atoms with Crippen molar-refractivity contribution in [3.8, 4) is 0 Å². The van der Waals surface area contributed by atoms with Crippen molar-refractivity contribution in [1.82, 2.24) is 9.97 Å². The van der Waals surface area contributed by atoms with Crippen LogP contribution in [0.1, 0.15) is 33.0 Å². The molecule has 0 aliphatic rings. The van der Waals surface area contributed by atoms with Crippen molar-refractivity contribution in [2.75, 3.05) is 11.9 Å². The molecular formula is C11H18BrN3. The van der Waals surface area contributed by atoms with E-state index in [0.717, 1.165) is 29.1 Å². The third-order valence-electron chi connectivity index (χ3n) is 2.34. The lowest BCUT2D eigenvalue weighted by molar-refractivity contribution is 0.729. The van der Waals surface area contributed by atoms with Crippen LogP contribution in [0, 0.1) is 0 Å². The minimum absolute atomic E-state index is 0.446. The van der Waals surface area contributed by atoms with Crippen LogP contribution in [0.3, 0.4) is 0 Å². The monoisotopic (exact) mass is 271 g/mol. The molecule has 84 valence electrons. The van der Waals surface area contributed by atoms with E-state index in [1.54, 1.807) is 0 Å². The van der Waals surface area contributed by atoms with Gasteiger partial charge in [0.05, 0.1) is 0 Å². The summed E-state index contributed by atoms with van der Waals surface area (Å²) in [5.74, 6) is 1.89. The van der Waals surface area contributed by atoms with Crippen LogP contribution < -0.4 is 4.90 Å².